The summed E-state index contributed by atoms with van der Waals surface area (Å²) < 4.78 is 12.6. The van der Waals surface area contributed by atoms with Crippen molar-refractivity contribution in [1.29, 1.82) is 0 Å². The van der Waals surface area contributed by atoms with E-state index in [9.17, 15) is 38.4 Å². The van der Waals surface area contributed by atoms with E-state index in [1.165, 1.54) is 33.9 Å². The van der Waals surface area contributed by atoms with Crippen molar-refractivity contribution in [3.63, 3.8) is 0 Å². The Hall–Kier alpha value is -11.0. The van der Waals surface area contributed by atoms with Crippen molar-refractivity contribution in [3.8, 4) is 11.1 Å². The number of allylic oxidation sites excluding steroid dienone is 6. The predicted molar refractivity (Wildman–Crippen MR) is 415 cm³/mol. The molecule has 560 valence electrons. The number of carbonyl (C=O) groups excluding carboxylic acids is 9. The van der Waals surface area contributed by atoms with Gasteiger partial charge in [0, 0.05) is 105 Å². The molecule has 107 heavy (non-hydrogen) atoms. The second-order valence-electron chi connectivity index (χ2n) is 29.0. The lowest BCUT2D eigenvalue weighted by Crippen LogP contribution is -2.58. The third-order valence-electron chi connectivity index (χ3n) is 20.8. The van der Waals surface area contributed by atoms with Gasteiger partial charge in [-0.05, 0) is 129 Å². The van der Waals surface area contributed by atoms with Crippen molar-refractivity contribution in [1.82, 2.24) is 36.8 Å². The van der Waals surface area contributed by atoms with Crippen LogP contribution in [-0.2, 0) is 95.7 Å². The largest absolute Gasteiger partial charge is 0.465 e. The number of nitrogens with one attached hydrogen (secondary N) is 6. The van der Waals surface area contributed by atoms with Crippen LogP contribution in [0.5, 0.6) is 0 Å². The van der Waals surface area contributed by atoms with Gasteiger partial charge in [-0.1, -0.05) is 178 Å². The quantitative estimate of drug-likeness (QED) is 0.0109. The molecule has 6 aromatic carbocycles. The smallest absolute Gasteiger partial charge is 0.320 e. The standard InChI is InChI=1S/C87H101N9O11/c1-8-106-82(103)67(83(104)107-9-2)54-60-37-41-63(42-38-60)64-43-39-61(40-44-64)55-71-81(102)91-58-66-29-19-18-28-65(66)56-78(99)92-70(47-49-88-77(98)45-46-79(100)95-52-25-48-87(59-95,84(105)93-71)57-62-26-13-10-14-27-62)80(101)90-51-50-89-76(97)36-17-12-24-53-96-73-33-23-21-31-69(73)86(5,6)75(96)35-16-11-15-34-74-85(3,4)68-30-20-22-32-72(68)94(74)7/h10-11,13-16,18-23,26-35,37-46,67,70-71H,8-9,12,17,24-25,36,47-59H2,1-7H3,(H5-,88,89,90,91,92,93,97,98,99,101,102,105)/p+1/b46-45+/t70-,71-,87-/m1/s1. The molecule has 6 aromatic rings. The van der Waals surface area contributed by atoms with Crippen LogP contribution in [0.4, 0.5) is 11.4 Å². The number of ether oxygens (including phenoxy) is 2. The SMILES string of the molecule is CCOC(=O)C(Cc1ccc(-c2ccc(C[C@H]3NC(=O)[C@@]4(Cc5ccccc5)CCCN(C4)C(=O)/C=C/C(=O)NCC[C@H](C(=O)NCCNC(=O)CCCCCN4\C(=C/C=C/C=C/C5=[N+](C)c6ccccc6C5(C)C)C(C)(C)c5ccccc54)NC(=O)Cc4ccccc4CNC3=O)cc2)cc1)C(=O)OCC. The molecule has 4 aliphatic rings. The van der Waals surface area contributed by atoms with Gasteiger partial charge in [0.05, 0.1) is 30.5 Å². The van der Waals surface area contributed by atoms with Crippen LogP contribution in [0.15, 0.2) is 200 Å². The molecule has 20 heteroatoms. The van der Waals surface area contributed by atoms with Crippen molar-refractivity contribution in [3.05, 3.63) is 239 Å². The normalized spacial score (nSPS) is 19.7. The highest BCUT2D eigenvalue weighted by Gasteiger charge is 2.46. The first-order valence-corrected chi connectivity index (χ1v) is 37.5. The predicted octanol–water partition coefficient (Wildman–Crippen LogP) is 10.2. The lowest BCUT2D eigenvalue weighted by Gasteiger charge is -2.42. The maximum absolute atomic E-state index is 15.2. The molecule has 6 N–H and O–H groups in total. The third-order valence-corrected chi connectivity index (χ3v) is 20.8. The molecule has 7 amide bonds. The number of anilines is 1. The molecule has 0 radical (unpaired) electrons. The van der Waals surface area contributed by atoms with Crippen molar-refractivity contribution in [2.75, 3.05) is 64.4 Å². The van der Waals surface area contributed by atoms with Crippen LogP contribution in [0.2, 0.25) is 0 Å². The van der Waals surface area contributed by atoms with E-state index < -0.39 is 70.8 Å². The van der Waals surface area contributed by atoms with E-state index in [0.717, 1.165) is 59.4 Å². The maximum atomic E-state index is 15.2. The molecule has 3 atom stereocenters. The summed E-state index contributed by atoms with van der Waals surface area (Å²) in [7, 11) is 2.12. The highest BCUT2D eigenvalue weighted by molar-refractivity contribution is 6.03. The number of benzene rings is 6. The number of fused-ring (bicyclic) bond motifs is 5. The fourth-order valence-corrected chi connectivity index (χ4v) is 15.0. The fourth-order valence-electron chi connectivity index (χ4n) is 15.0. The number of piperidine rings is 1. The van der Waals surface area contributed by atoms with Crippen molar-refractivity contribution in [2.45, 2.75) is 142 Å². The third kappa shape index (κ3) is 20.1. The van der Waals surface area contributed by atoms with Crippen LogP contribution in [0.3, 0.4) is 0 Å². The summed E-state index contributed by atoms with van der Waals surface area (Å²) in [6, 6.07) is 46.5. The first-order valence-electron chi connectivity index (χ1n) is 37.5. The minimum Gasteiger partial charge on any atom is -0.465 e. The number of amides is 7. The van der Waals surface area contributed by atoms with E-state index in [-0.39, 0.29) is 94.8 Å². The zero-order valence-corrected chi connectivity index (χ0v) is 62.7. The Morgan fingerprint density at radius 1 is 0.664 bits per heavy atom. The van der Waals surface area contributed by atoms with Gasteiger partial charge in [0.2, 0.25) is 47.0 Å². The molecule has 20 nitrogen and oxygen atoms in total. The summed E-state index contributed by atoms with van der Waals surface area (Å²) in [6.07, 6.45) is 16.8. The van der Waals surface area contributed by atoms with Gasteiger partial charge in [-0.2, -0.15) is 4.58 Å². The minimum absolute atomic E-state index is 0.000251. The summed E-state index contributed by atoms with van der Waals surface area (Å²) >= 11 is 0. The van der Waals surface area contributed by atoms with E-state index in [0.29, 0.717) is 43.4 Å². The summed E-state index contributed by atoms with van der Waals surface area (Å²) in [6.45, 7) is 13.9. The second kappa shape index (κ2) is 36.8. The highest BCUT2D eigenvalue weighted by atomic mass is 16.6. The van der Waals surface area contributed by atoms with Crippen LogP contribution >= 0.6 is 0 Å². The van der Waals surface area contributed by atoms with Gasteiger partial charge in [-0.25, -0.2) is 0 Å². The van der Waals surface area contributed by atoms with E-state index in [2.05, 4.69) is 155 Å². The van der Waals surface area contributed by atoms with E-state index in [1.807, 2.05) is 78.9 Å². The number of hydrogen-bond acceptors (Lipinski definition) is 12. The number of hydrogen-bond donors (Lipinski definition) is 6. The topological polar surface area (TPSA) is 254 Å². The van der Waals surface area contributed by atoms with Crippen LogP contribution in [0, 0.1) is 11.3 Å². The second-order valence-corrected chi connectivity index (χ2v) is 29.0. The molecule has 0 unspecified atom stereocenters. The van der Waals surface area contributed by atoms with Gasteiger partial charge in [0.15, 0.2) is 11.6 Å². The fraction of sp³-hybridized carbons (Fsp3) is 0.379. The van der Waals surface area contributed by atoms with Gasteiger partial charge < -0.3 is 51.2 Å². The molecule has 1 saturated heterocycles. The molecule has 2 bridgehead atoms. The zero-order valence-electron chi connectivity index (χ0n) is 62.7. The molecular formula is C87H102N9O11+. The van der Waals surface area contributed by atoms with E-state index >= 15 is 4.79 Å². The number of rotatable bonds is 24. The van der Waals surface area contributed by atoms with Crippen LogP contribution in [0.1, 0.15) is 125 Å². The lowest BCUT2D eigenvalue weighted by atomic mass is 9.74. The van der Waals surface area contributed by atoms with Gasteiger partial charge in [-0.3, -0.25) is 43.2 Å². The molecule has 0 aliphatic carbocycles. The van der Waals surface area contributed by atoms with Gasteiger partial charge in [-0.15, -0.1) is 0 Å². The molecule has 4 heterocycles. The first kappa shape index (κ1) is 78.6. The maximum Gasteiger partial charge on any atom is 0.320 e. The zero-order chi connectivity index (χ0) is 76.1. The van der Waals surface area contributed by atoms with Crippen LogP contribution in [0.25, 0.3) is 11.1 Å². The summed E-state index contributed by atoms with van der Waals surface area (Å²) in [5.74, 6) is -5.60. The Morgan fingerprint density at radius 3 is 2.03 bits per heavy atom. The molecular weight excluding hydrogens is 1350 g/mol. The van der Waals surface area contributed by atoms with E-state index in [4.69, 9.17) is 9.47 Å². The molecule has 4 aliphatic heterocycles. The number of nitrogens with zero attached hydrogens (tertiary/aromatic N) is 3. The van der Waals surface area contributed by atoms with E-state index in [1.54, 1.807) is 43.0 Å². The lowest BCUT2D eigenvalue weighted by molar-refractivity contribution is -0.401. The number of para-hydroxylation sites is 2. The monoisotopic (exact) mass is 1450 g/mol. The Morgan fingerprint density at radius 2 is 1.32 bits per heavy atom. The average Bonchev–Trinajstić information content (AvgIpc) is 1.62. The van der Waals surface area contributed by atoms with Crippen molar-refractivity contribution in [2.24, 2.45) is 11.3 Å². The number of carbonyl (C=O) groups is 9. The molecule has 0 saturated carbocycles. The van der Waals surface area contributed by atoms with Crippen molar-refractivity contribution >= 4 is 70.4 Å². The average molecular weight is 1450 g/mol. The van der Waals surface area contributed by atoms with Crippen LogP contribution < -0.4 is 36.8 Å². The Kier molecular flexibility index (Phi) is 27.0. The highest BCUT2D eigenvalue weighted by Crippen LogP contribution is 2.48. The Bertz CT molecular complexity index is 4350. The Balaban J connectivity index is 0.769. The summed E-state index contributed by atoms with van der Waals surface area (Å²) in [5, 5.41) is 17.6. The number of unbranched alkanes of at least 4 members (excludes halogenated alkanes) is 2. The molecule has 1 fully saturated rings. The van der Waals surface area contributed by atoms with Gasteiger partial charge in [0.1, 0.15) is 19.1 Å². The molecule has 0 spiro atoms. The first-order chi connectivity index (χ1) is 51.6. The van der Waals surface area contributed by atoms with Crippen molar-refractivity contribution < 1.29 is 57.2 Å². The van der Waals surface area contributed by atoms with Gasteiger partial charge in [0.25, 0.3) is 0 Å². The van der Waals surface area contributed by atoms with Gasteiger partial charge >= 0.3 is 11.9 Å². The Labute approximate surface area is 628 Å². The minimum atomic E-state index is -1.19. The molecule has 0 aromatic heterocycles. The van der Waals surface area contributed by atoms with Crippen LogP contribution in [-0.4, -0.2) is 140 Å². The summed E-state index contributed by atoms with van der Waals surface area (Å²) in [5.41, 5.74) is 11.1. The number of esters is 2. The molecule has 10 rings (SSSR count). The summed E-state index contributed by atoms with van der Waals surface area (Å²) in [4.78, 5) is 128.